The highest BCUT2D eigenvalue weighted by Crippen LogP contribution is 2.30. The maximum atomic E-state index is 12.0. The molecule has 1 heterocycles. The predicted octanol–water partition coefficient (Wildman–Crippen LogP) is 3.26. The summed E-state index contributed by atoms with van der Waals surface area (Å²) in [6, 6.07) is 1.56. The highest BCUT2D eigenvalue weighted by molar-refractivity contribution is 6.32. The van der Waals surface area contributed by atoms with E-state index in [9.17, 15) is 4.79 Å². The third-order valence-electron chi connectivity index (χ3n) is 3.99. The highest BCUT2D eigenvalue weighted by atomic mass is 35.5. The van der Waals surface area contributed by atoms with E-state index >= 15 is 0 Å². The van der Waals surface area contributed by atoms with Gasteiger partial charge in [-0.25, -0.2) is 4.98 Å². The first-order valence-electron chi connectivity index (χ1n) is 7.25. The first-order valence-corrected chi connectivity index (χ1v) is 7.63. The van der Waals surface area contributed by atoms with Crippen LogP contribution in [-0.2, 0) is 0 Å². The molecule has 0 radical (unpaired) electrons. The Kier molecular flexibility index (Phi) is 5.24. The third kappa shape index (κ3) is 4.10. The number of nitrogens with zero attached hydrogens (tertiary/aromatic N) is 1. The Morgan fingerprint density at radius 1 is 1.55 bits per heavy atom. The lowest BCUT2D eigenvalue weighted by atomic mass is 9.81. The van der Waals surface area contributed by atoms with Crippen LogP contribution in [0.15, 0.2) is 12.3 Å². The molecule has 5 heteroatoms. The van der Waals surface area contributed by atoms with Crippen LogP contribution >= 0.6 is 11.6 Å². The van der Waals surface area contributed by atoms with Gasteiger partial charge in [0.15, 0.2) is 0 Å². The number of nitrogens with two attached hydrogens (primary N) is 1. The van der Waals surface area contributed by atoms with Gasteiger partial charge in [-0.1, -0.05) is 37.8 Å². The molecule has 20 heavy (non-hydrogen) atoms. The van der Waals surface area contributed by atoms with Crippen molar-refractivity contribution in [1.29, 1.82) is 0 Å². The van der Waals surface area contributed by atoms with Gasteiger partial charge in [-0.2, -0.15) is 0 Å². The second kappa shape index (κ2) is 6.93. The van der Waals surface area contributed by atoms with Crippen LogP contribution in [-0.4, -0.2) is 17.4 Å². The summed E-state index contributed by atoms with van der Waals surface area (Å²) in [4.78, 5) is 15.9. The first-order chi connectivity index (χ1) is 9.56. The molecule has 110 valence electrons. The van der Waals surface area contributed by atoms with Crippen molar-refractivity contribution in [3.63, 3.8) is 0 Å². The van der Waals surface area contributed by atoms with Crippen molar-refractivity contribution in [2.75, 3.05) is 12.3 Å². The number of anilines is 1. The van der Waals surface area contributed by atoms with E-state index in [1.54, 1.807) is 6.07 Å². The van der Waals surface area contributed by atoms with Crippen molar-refractivity contribution in [3.05, 3.63) is 23.0 Å². The molecule has 4 nitrogen and oxygen atoms in total. The number of aromatic nitrogens is 1. The first kappa shape index (κ1) is 15.1. The zero-order chi connectivity index (χ0) is 14.5. The van der Waals surface area contributed by atoms with E-state index in [-0.39, 0.29) is 11.1 Å². The number of hydrogen-bond donors (Lipinski definition) is 2. The minimum Gasteiger partial charge on any atom is -0.397 e. The number of hydrogen-bond acceptors (Lipinski definition) is 3. The van der Waals surface area contributed by atoms with E-state index in [1.807, 2.05) is 0 Å². The van der Waals surface area contributed by atoms with Crippen molar-refractivity contribution < 1.29 is 4.79 Å². The maximum absolute atomic E-state index is 12.0. The molecule has 3 N–H and O–H groups in total. The molecule has 1 saturated carbocycles. The molecule has 1 aromatic heterocycles. The largest absolute Gasteiger partial charge is 0.397 e. The van der Waals surface area contributed by atoms with Gasteiger partial charge in [0, 0.05) is 6.54 Å². The number of pyridine rings is 1. The molecule has 1 aliphatic rings. The van der Waals surface area contributed by atoms with Crippen molar-refractivity contribution in [2.24, 2.45) is 11.8 Å². The zero-order valence-corrected chi connectivity index (χ0v) is 12.6. The maximum Gasteiger partial charge on any atom is 0.254 e. The lowest BCUT2D eigenvalue weighted by Crippen LogP contribution is -2.27. The second-order valence-electron chi connectivity index (χ2n) is 5.79. The van der Waals surface area contributed by atoms with Gasteiger partial charge in [0.1, 0.15) is 5.15 Å². The quantitative estimate of drug-likeness (QED) is 0.838. The summed E-state index contributed by atoms with van der Waals surface area (Å²) < 4.78 is 0. The van der Waals surface area contributed by atoms with E-state index in [0.717, 1.165) is 18.3 Å². The lowest BCUT2D eigenvalue weighted by Gasteiger charge is -2.26. The predicted molar refractivity (Wildman–Crippen MR) is 81.7 cm³/mol. The van der Waals surface area contributed by atoms with Gasteiger partial charge >= 0.3 is 0 Å². The fourth-order valence-electron chi connectivity index (χ4n) is 2.93. The molecule has 0 aromatic carbocycles. The Morgan fingerprint density at radius 3 is 3.10 bits per heavy atom. The van der Waals surface area contributed by atoms with Gasteiger partial charge in [-0.05, 0) is 30.7 Å². The highest BCUT2D eigenvalue weighted by Gasteiger charge is 2.19. The van der Waals surface area contributed by atoms with Gasteiger partial charge < -0.3 is 11.1 Å². The molecule has 2 atom stereocenters. The van der Waals surface area contributed by atoms with Gasteiger partial charge in [-0.15, -0.1) is 0 Å². The van der Waals surface area contributed by atoms with Crippen molar-refractivity contribution in [1.82, 2.24) is 10.3 Å². The van der Waals surface area contributed by atoms with E-state index in [2.05, 4.69) is 17.2 Å². The molecule has 1 fully saturated rings. The SMILES string of the molecule is CC1CCCC(CCNC(=O)c2cc(N)cnc2Cl)C1. The number of carbonyl (C=O) groups is 1. The van der Waals surface area contributed by atoms with E-state index in [1.165, 1.54) is 31.9 Å². The van der Waals surface area contributed by atoms with Crippen LogP contribution in [0.3, 0.4) is 0 Å². The van der Waals surface area contributed by atoms with Crippen LogP contribution in [0.1, 0.15) is 49.4 Å². The number of amides is 1. The standard InChI is InChI=1S/C15H22ClN3O/c1-10-3-2-4-11(7-10)5-6-18-15(20)13-8-12(17)9-19-14(13)16/h8-11H,2-7,17H2,1H3,(H,18,20). The Morgan fingerprint density at radius 2 is 2.35 bits per heavy atom. The fourth-order valence-corrected chi connectivity index (χ4v) is 3.12. The van der Waals surface area contributed by atoms with Crippen LogP contribution < -0.4 is 11.1 Å². The average Bonchev–Trinajstić information content (AvgIpc) is 2.41. The molecule has 0 aliphatic heterocycles. The van der Waals surface area contributed by atoms with E-state index < -0.39 is 0 Å². The third-order valence-corrected chi connectivity index (χ3v) is 4.29. The zero-order valence-electron chi connectivity index (χ0n) is 11.9. The fraction of sp³-hybridized carbons (Fsp3) is 0.600. The second-order valence-corrected chi connectivity index (χ2v) is 6.15. The number of rotatable bonds is 4. The molecular weight excluding hydrogens is 274 g/mol. The summed E-state index contributed by atoms with van der Waals surface area (Å²) >= 11 is 5.91. The van der Waals surface area contributed by atoms with Gasteiger partial charge in [0.25, 0.3) is 5.91 Å². The summed E-state index contributed by atoms with van der Waals surface area (Å²) in [5.74, 6) is 1.35. The Balaban J connectivity index is 1.81. The molecular formula is C15H22ClN3O. The van der Waals surface area contributed by atoms with Crippen LogP contribution in [0.2, 0.25) is 5.15 Å². The monoisotopic (exact) mass is 295 g/mol. The van der Waals surface area contributed by atoms with Crippen LogP contribution in [0.4, 0.5) is 5.69 Å². The number of halogens is 1. The molecule has 0 bridgehead atoms. The van der Waals surface area contributed by atoms with Gasteiger partial charge in [-0.3, -0.25) is 4.79 Å². The van der Waals surface area contributed by atoms with Crippen molar-refractivity contribution in [2.45, 2.75) is 39.0 Å². The summed E-state index contributed by atoms with van der Waals surface area (Å²) in [7, 11) is 0. The van der Waals surface area contributed by atoms with Crippen LogP contribution in [0, 0.1) is 11.8 Å². The molecule has 1 aromatic rings. The minimum absolute atomic E-state index is 0.196. The normalized spacial score (nSPS) is 22.5. The Hall–Kier alpha value is -1.29. The van der Waals surface area contributed by atoms with Crippen LogP contribution in [0.5, 0.6) is 0 Å². The smallest absolute Gasteiger partial charge is 0.254 e. The van der Waals surface area contributed by atoms with Crippen molar-refractivity contribution in [3.8, 4) is 0 Å². The summed E-state index contributed by atoms with van der Waals surface area (Å²) in [6.07, 6.45) is 7.68. The average molecular weight is 296 g/mol. The summed E-state index contributed by atoms with van der Waals surface area (Å²) in [6.45, 7) is 2.99. The summed E-state index contributed by atoms with van der Waals surface area (Å²) in [5.41, 5.74) is 6.42. The molecule has 1 aliphatic carbocycles. The summed E-state index contributed by atoms with van der Waals surface area (Å²) in [5, 5.41) is 3.11. The van der Waals surface area contributed by atoms with Gasteiger partial charge in [0.05, 0.1) is 17.4 Å². The van der Waals surface area contributed by atoms with E-state index in [0.29, 0.717) is 17.8 Å². The van der Waals surface area contributed by atoms with Crippen LogP contribution in [0.25, 0.3) is 0 Å². The molecule has 2 rings (SSSR count). The number of nitrogen functional groups attached to an aromatic ring is 1. The number of carbonyl (C=O) groups excluding carboxylic acids is 1. The van der Waals surface area contributed by atoms with Gasteiger partial charge in [0.2, 0.25) is 0 Å². The Labute approximate surface area is 125 Å². The molecule has 1 amide bonds. The minimum atomic E-state index is -0.196. The number of nitrogens with one attached hydrogen (secondary N) is 1. The Bertz CT molecular complexity index is 478. The van der Waals surface area contributed by atoms with E-state index in [4.69, 9.17) is 17.3 Å². The lowest BCUT2D eigenvalue weighted by molar-refractivity contribution is 0.0949. The van der Waals surface area contributed by atoms with Crippen molar-refractivity contribution >= 4 is 23.2 Å². The molecule has 0 saturated heterocycles. The molecule has 2 unspecified atom stereocenters. The molecule has 0 spiro atoms. The topological polar surface area (TPSA) is 68.0 Å².